The molecule has 0 aliphatic heterocycles. The van der Waals surface area contributed by atoms with E-state index in [1.54, 1.807) is 16.7 Å². The van der Waals surface area contributed by atoms with Crippen molar-refractivity contribution >= 4 is 24.9 Å². The molecule has 0 saturated heterocycles. The lowest BCUT2D eigenvalue weighted by Gasteiger charge is -2.17. The molecule has 184 valence electrons. The molecule has 0 spiro atoms. The molecule has 0 atom stereocenters. The lowest BCUT2D eigenvalue weighted by molar-refractivity contribution is -0.137. The number of hydrogen-bond acceptors (Lipinski definition) is 5. The second-order valence-electron chi connectivity index (χ2n) is 9.94. The Morgan fingerprint density at radius 1 is 1.24 bits per heavy atom. The van der Waals surface area contributed by atoms with Gasteiger partial charge in [-0.1, -0.05) is 30.9 Å². The van der Waals surface area contributed by atoms with Crippen LogP contribution >= 0.6 is 0 Å². The van der Waals surface area contributed by atoms with E-state index in [2.05, 4.69) is 34.7 Å². The number of hydrogen-bond donors (Lipinski definition) is 0. The van der Waals surface area contributed by atoms with Crippen LogP contribution in [0.3, 0.4) is 0 Å². The van der Waals surface area contributed by atoms with E-state index >= 15 is 0 Å². The quantitative estimate of drug-likeness (QED) is 0.230. The van der Waals surface area contributed by atoms with Gasteiger partial charge >= 0.3 is 12.1 Å². The zero-order valence-corrected chi connectivity index (χ0v) is 20.8. The summed E-state index contributed by atoms with van der Waals surface area (Å²) in [5, 5.41) is 7.74. The van der Waals surface area contributed by atoms with E-state index in [-0.39, 0.29) is 30.0 Å². The number of aromatic nitrogens is 4. The molecule has 0 radical (unpaired) electrons. The Morgan fingerprint density at radius 3 is 2.59 bits per heavy atom. The highest BCUT2D eigenvalue weighted by atomic mass is 28.3. The number of methoxy groups -OCH3 is 1. The molecule has 0 N–H and O–H groups in total. The molecule has 1 aliphatic carbocycles. The average molecular weight is 495 g/mol. The number of nitrogens with zero attached hydrogens (tertiary/aromatic N) is 4. The van der Waals surface area contributed by atoms with Crippen LogP contribution in [0.15, 0.2) is 24.4 Å². The highest BCUT2D eigenvalue weighted by molar-refractivity contribution is 6.76. The summed E-state index contributed by atoms with van der Waals surface area (Å²) in [6, 6.07) is 6.24. The van der Waals surface area contributed by atoms with Crippen molar-refractivity contribution in [3.63, 3.8) is 0 Å². The zero-order valence-electron chi connectivity index (χ0n) is 19.8. The van der Waals surface area contributed by atoms with Crippen molar-refractivity contribution in [3.05, 3.63) is 46.9 Å². The predicted octanol–water partition coefficient (Wildman–Crippen LogP) is 5.28. The first-order valence-electron chi connectivity index (χ1n) is 11.3. The number of alkyl halides is 3. The van der Waals surface area contributed by atoms with Gasteiger partial charge in [0, 0.05) is 20.1 Å². The van der Waals surface area contributed by atoms with Crippen molar-refractivity contribution in [1.82, 2.24) is 19.6 Å². The number of halogens is 3. The fourth-order valence-electron chi connectivity index (χ4n) is 3.99. The highest BCUT2D eigenvalue weighted by Gasteiger charge is 2.39. The first-order chi connectivity index (χ1) is 16.0. The molecule has 4 rings (SSSR count). The van der Waals surface area contributed by atoms with Crippen molar-refractivity contribution in [2.24, 2.45) is 0 Å². The standard InChI is InChI=1S/C23H29F3N4O3Si/c1-32-22(31)18-12-29(28-27-18)13-20-21(23(24,25)26)17-11-16(15-5-6-15)7-8-19(17)30(20)14-33-9-10-34(2,3)4/h7-8,11-12,15H,5-6,9-10,13-14H2,1-4H3. The summed E-state index contributed by atoms with van der Waals surface area (Å²) in [4.78, 5) is 11.7. The van der Waals surface area contributed by atoms with Crippen LogP contribution in [-0.4, -0.2) is 47.3 Å². The monoisotopic (exact) mass is 494 g/mol. The highest BCUT2D eigenvalue weighted by Crippen LogP contribution is 2.44. The lowest BCUT2D eigenvalue weighted by atomic mass is 10.0. The Bertz CT molecular complexity index is 1190. The van der Waals surface area contributed by atoms with Crippen LogP contribution in [-0.2, 0) is 28.9 Å². The predicted molar refractivity (Wildman–Crippen MR) is 123 cm³/mol. The Balaban J connectivity index is 1.77. The van der Waals surface area contributed by atoms with Crippen molar-refractivity contribution in [3.8, 4) is 0 Å². The Labute approximate surface area is 196 Å². The average Bonchev–Trinajstić information content (AvgIpc) is 3.42. The molecule has 34 heavy (non-hydrogen) atoms. The maximum atomic E-state index is 14.4. The number of esters is 1. The molecule has 0 bridgehead atoms. The topological polar surface area (TPSA) is 71.2 Å². The number of rotatable bonds is 9. The van der Waals surface area contributed by atoms with Crippen molar-refractivity contribution in [2.45, 2.75) is 63.9 Å². The smallest absolute Gasteiger partial charge is 0.418 e. The molecule has 1 fully saturated rings. The van der Waals surface area contributed by atoms with Crippen LogP contribution < -0.4 is 0 Å². The molecule has 3 aromatic rings. The van der Waals surface area contributed by atoms with E-state index in [4.69, 9.17) is 4.74 Å². The van der Waals surface area contributed by atoms with Gasteiger partial charge in [-0.3, -0.25) is 0 Å². The SMILES string of the molecule is COC(=O)c1cn(Cc2c(C(F)(F)F)c3cc(C4CC4)ccc3n2COCC[Si](C)(C)C)nn1. The van der Waals surface area contributed by atoms with Gasteiger partial charge in [-0.15, -0.1) is 5.10 Å². The summed E-state index contributed by atoms with van der Waals surface area (Å²) in [5.74, 6) is -0.380. The summed E-state index contributed by atoms with van der Waals surface area (Å²) < 4.78 is 56.5. The number of benzene rings is 1. The van der Waals surface area contributed by atoms with Gasteiger partial charge in [-0.25, -0.2) is 9.48 Å². The van der Waals surface area contributed by atoms with E-state index in [9.17, 15) is 18.0 Å². The van der Waals surface area contributed by atoms with Gasteiger partial charge in [0.1, 0.15) is 6.73 Å². The van der Waals surface area contributed by atoms with Gasteiger partial charge in [-0.05, 0) is 42.5 Å². The molecule has 1 saturated carbocycles. The minimum atomic E-state index is -4.58. The minimum absolute atomic E-state index is 0.00623. The first kappa shape index (κ1) is 24.5. The van der Waals surface area contributed by atoms with Crippen LogP contribution in [0.4, 0.5) is 13.2 Å². The molecule has 2 aromatic heterocycles. The maximum absolute atomic E-state index is 14.4. The molecule has 2 heterocycles. The third kappa shape index (κ3) is 5.35. The lowest BCUT2D eigenvalue weighted by Crippen LogP contribution is -2.22. The number of fused-ring (bicyclic) bond motifs is 1. The molecule has 0 unspecified atom stereocenters. The normalized spacial score (nSPS) is 14.7. The van der Waals surface area contributed by atoms with Crippen LogP contribution in [0, 0.1) is 0 Å². The fourth-order valence-corrected chi connectivity index (χ4v) is 4.74. The molecule has 1 aliphatic rings. The summed E-state index contributed by atoms with van der Waals surface area (Å²) in [7, 11) is -0.149. The van der Waals surface area contributed by atoms with Crippen molar-refractivity contribution in [1.29, 1.82) is 0 Å². The van der Waals surface area contributed by atoms with Crippen molar-refractivity contribution in [2.75, 3.05) is 13.7 Å². The number of carbonyl (C=O) groups excluding carboxylic acids is 1. The third-order valence-corrected chi connectivity index (χ3v) is 7.69. The van der Waals surface area contributed by atoms with E-state index in [1.165, 1.54) is 18.0 Å². The van der Waals surface area contributed by atoms with Crippen LogP contribution in [0.2, 0.25) is 25.7 Å². The summed E-state index contributed by atoms with van der Waals surface area (Å²) in [6.07, 6.45) is -1.30. The van der Waals surface area contributed by atoms with Gasteiger partial charge in [0.05, 0.1) is 36.6 Å². The summed E-state index contributed by atoms with van der Waals surface area (Å²) in [6.45, 7) is 6.91. The van der Waals surface area contributed by atoms with Gasteiger partial charge < -0.3 is 14.0 Å². The number of ether oxygens (including phenoxy) is 2. The van der Waals surface area contributed by atoms with E-state index in [1.807, 2.05) is 6.07 Å². The minimum Gasteiger partial charge on any atom is -0.464 e. The largest absolute Gasteiger partial charge is 0.464 e. The Kier molecular flexibility index (Phi) is 6.60. The molecule has 1 aromatic carbocycles. The van der Waals surface area contributed by atoms with Gasteiger partial charge in [0.15, 0.2) is 5.69 Å². The molecule has 11 heteroatoms. The Morgan fingerprint density at radius 2 is 1.97 bits per heavy atom. The van der Waals surface area contributed by atoms with Crippen LogP contribution in [0.5, 0.6) is 0 Å². The molecular formula is C23H29F3N4O3Si. The first-order valence-corrected chi connectivity index (χ1v) is 15.0. The number of carbonyl (C=O) groups is 1. The van der Waals surface area contributed by atoms with Crippen molar-refractivity contribution < 1.29 is 27.4 Å². The molecule has 0 amide bonds. The van der Waals surface area contributed by atoms with Gasteiger partial charge in [-0.2, -0.15) is 13.2 Å². The summed E-state index contributed by atoms with van der Waals surface area (Å²) >= 11 is 0. The van der Waals surface area contributed by atoms with Crippen LogP contribution in [0.1, 0.15) is 46.1 Å². The maximum Gasteiger partial charge on any atom is 0.418 e. The zero-order chi connectivity index (χ0) is 24.7. The van der Waals surface area contributed by atoms with E-state index in [0.29, 0.717) is 18.0 Å². The van der Waals surface area contributed by atoms with E-state index < -0.39 is 25.8 Å². The third-order valence-electron chi connectivity index (χ3n) is 5.99. The van der Waals surface area contributed by atoms with Gasteiger partial charge in [0.25, 0.3) is 0 Å². The second kappa shape index (κ2) is 9.18. The summed E-state index contributed by atoms with van der Waals surface area (Å²) in [5.41, 5.74) is 0.642. The molecular weight excluding hydrogens is 465 g/mol. The fraction of sp³-hybridized carbons (Fsp3) is 0.522. The second-order valence-corrected chi connectivity index (χ2v) is 15.6. The molecule has 7 nitrogen and oxygen atoms in total. The van der Waals surface area contributed by atoms with Gasteiger partial charge in [0.2, 0.25) is 0 Å². The van der Waals surface area contributed by atoms with Crippen LogP contribution in [0.25, 0.3) is 10.9 Å². The Hall–Kier alpha value is -2.66. The van der Waals surface area contributed by atoms with E-state index in [0.717, 1.165) is 24.4 Å².